The maximum atomic E-state index is 12.9. The van der Waals surface area contributed by atoms with Crippen molar-refractivity contribution in [2.75, 3.05) is 13.1 Å². The number of hydrogen-bond donors (Lipinski definition) is 7. The molecule has 3 atom stereocenters. The van der Waals surface area contributed by atoms with E-state index in [1.54, 1.807) is 26.0 Å². The molecule has 0 saturated carbocycles. The number of phenolic OH excluding ortho intramolecular Hbond substituents is 1. The van der Waals surface area contributed by atoms with Crippen LogP contribution in [0.4, 0.5) is 0 Å². The van der Waals surface area contributed by atoms with Crippen LogP contribution in [0.2, 0.25) is 0 Å². The molecule has 1 aromatic rings. The summed E-state index contributed by atoms with van der Waals surface area (Å²) in [6.45, 7) is 3.28. The van der Waals surface area contributed by atoms with Crippen molar-refractivity contribution in [1.82, 2.24) is 16.0 Å². The molecule has 0 aliphatic carbocycles. The van der Waals surface area contributed by atoms with E-state index in [-0.39, 0.29) is 18.1 Å². The van der Waals surface area contributed by atoms with Crippen molar-refractivity contribution in [1.29, 1.82) is 0 Å². The highest BCUT2D eigenvalue weighted by molar-refractivity contribution is 5.93. The zero-order valence-electron chi connectivity index (χ0n) is 19.0. The Morgan fingerprint density at radius 3 is 2.15 bits per heavy atom. The highest BCUT2D eigenvalue weighted by Gasteiger charge is 2.29. The number of nitrogens with one attached hydrogen (secondary N) is 3. The van der Waals surface area contributed by atoms with Crippen LogP contribution < -0.4 is 27.4 Å². The number of hydrogen-bond acceptors (Lipinski definition) is 7. The second-order valence-corrected chi connectivity index (χ2v) is 8.16. The molecule has 0 radical (unpaired) electrons. The molecule has 0 spiro atoms. The zero-order chi connectivity index (χ0) is 25.0. The van der Waals surface area contributed by atoms with E-state index < -0.39 is 48.4 Å². The van der Waals surface area contributed by atoms with Gasteiger partial charge in [-0.25, -0.2) is 0 Å². The first-order chi connectivity index (χ1) is 15.5. The van der Waals surface area contributed by atoms with Crippen LogP contribution in [0.5, 0.6) is 5.75 Å². The molecule has 1 aromatic carbocycles. The molecule has 11 nitrogen and oxygen atoms in total. The molecular weight excluding hydrogens is 430 g/mol. The average molecular weight is 466 g/mol. The van der Waals surface area contributed by atoms with E-state index in [9.17, 15) is 24.3 Å². The Labute approximate surface area is 193 Å². The van der Waals surface area contributed by atoms with Gasteiger partial charge in [-0.2, -0.15) is 0 Å². The lowest BCUT2D eigenvalue weighted by atomic mass is 10.0. The van der Waals surface area contributed by atoms with Gasteiger partial charge in [0.2, 0.25) is 17.7 Å². The molecule has 3 amide bonds. The van der Waals surface area contributed by atoms with Gasteiger partial charge in [0.1, 0.15) is 24.4 Å². The third-order valence-electron chi connectivity index (χ3n) is 4.97. The highest BCUT2D eigenvalue weighted by atomic mass is 16.4. The summed E-state index contributed by atoms with van der Waals surface area (Å²) in [7, 11) is 0. The topological polar surface area (TPSA) is 197 Å². The molecular formula is C22H35N5O6. The molecule has 33 heavy (non-hydrogen) atoms. The van der Waals surface area contributed by atoms with Gasteiger partial charge in [-0.15, -0.1) is 0 Å². The monoisotopic (exact) mass is 465 g/mol. The summed E-state index contributed by atoms with van der Waals surface area (Å²) >= 11 is 0. The summed E-state index contributed by atoms with van der Waals surface area (Å²) in [6.07, 6.45) is 1.71. The van der Waals surface area contributed by atoms with Crippen molar-refractivity contribution in [2.45, 2.75) is 57.7 Å². The summed E-state index contributed by atoms with van der Waals surface area (Å²) in [6, 6.07) is 3.43. The van der Waals surface area contributed by atoms with E-state index in [2.05, 4.69) is 16.0 Å². The number of nitrogens with two attached hydrogens (primary N) is 2. The van der Waals surface area contributed by atoms with E-state index in [0.29, 0.717) is 25.8 Å². The van der Waals surface area contributed by atoms with Gasteiger partial charge in [-0.05, 0) is 55.8 Å². The summed E-state index contributed by atoms with van der Waals surface area (Å²) in [5.41, 5.74) is 12.3. The van der Waals surface area contributed by atoms with E-state index in [1.807, 2.05) is 0 Å². The SMILES string of the molecule is CC(C)C(NC(=O)C(CCCCN)NC(=O)C(N)Cc1ccc(O)cc1)C(=O)NCC(=O)O. The predicted octanol–water partition coefficient (Wildman–Crippen LogP) is -0.783. The van der Waals surface area contributed by atoms with Crippen LogP contribution in [0.1, 0.15) is 38.7 Å². The van der Waals surface area contributed by atoms with E-state index in [1.165, 1.54) is 12.1 Å². The van der Waals surface area contributed by atoms with Crippen molar-refractivity contribution in [2.24, 2.45) is 17.4 Å². The second-order valence-electron chi connectivity index (χ2n) is 8.16. The molecule has 0 saturated heterocycles. The van der Waals surface area contributed by atoms with Gasteiger partial charge in [0, 0.05) is 0 Å². The van der Waals surface area contributed by atoms with Crippen molar-refractivity contribution >= 4 is 23.7 Å². The van der Waals surface area contributed by atoms with Gasteiger partial charge >= 0.3 is 5.97 Å². The number of aliphatic carboxylic acids is 1. The molecule has 0 aromatic heterocycles. The number of carboxylic acids is 1. The van der Waals surface area contributed by atoms with Crippen molar-refractivity contribution in [3.63, 3.8) is 0 Å². The molecule has 0 aliphatic heterocycles. The highest BCUT2D eigenvalue weighted by Crippen LogP contribution is 2.11. The quantitative estimate of drug-likeness (QED) is 0.174. The largest absolute Gasteiger partial charge is 0.508 e. The van der Waals surface area contributed by atoms with Crippen LogP contribution >= 0.6 is 0 Å². The van der Waals surface area contributed by atoms with Crippen LogP contribution in [-0.2, 0) is 25.6 Å². The standard InChI is InChI=1S/C22H35N5O6/c1-13(2)19(22(33)25-12-18(29)30)27-21(32)17(5-3-4-10-23)26-20(31)16(24)11-14-6-8-15(28)9-7-14/h6-9,13,16-17,19,28H,3-5,10-12,23-24H2,1-2H3,(H,25,33)(H,26,31)(H,27,32)(H,29,30). The van der Waals surface area contributed by atoms with Crippen LogP contribution in [0.15, 0.2) is 24.3 Å². The molecule has 3 unspecified atom stereocenters. The smallest absolute Gasteiger partial charge is 0.322 e. The van der Waals surface area contributed by atoms with Crippen molar-refractivity contribution < 1.29 is 29.4 Å². The van der Waals surface area contributed by atoms with E-state index in [0.717, 1.165) is 5.56 Å². The van der Waals surface area contributed by atoms with Gasteiger partial charge < -0.3 is 37.6 Å². The normalized spacial score (nSPS) is 13.6. The molecule has 1 rings (SSSR count). The Morgan fingerprint density at radius 2 is 1.61 bits per heavy atom. The molecule has 0 bridgehead atoms. The predicted molar refractivity (Wildman–Crippen MR) is 122 cm³/mol. The van der Waals surface area contributed by atoms with Crippen LogP contribution in [0.3, 0.4) is 0 Å². The van der Waals surface area contributed by atoms with Crippen LogP contribution in [0.25, 0.3) is 0 Å². The fourth-order valence-corrected chi connectivity index (χ4v) is 3.08. The number of amides is 3. The Morgan fingerprint density at radius 1 is 0.970 bits per heavy atom. The Hall–Kier alpha value is -3.18. The number of carbonyl (C=O) groups excluding carboxylic acids is 3. The maximum absolute atomic E-state index is 12.9. The zero-order valence-corrected chi connectivity index (χ0v) is 19.0. The first-order valence-electron chi connectivity index (χ1n) is 10.9. The molecule has 11 heteroatoms. The van der Waals surface area contributed by atoms with Gasteiger partial charge in [-0.1, -0.05) is 26.0 Å². The fraction of sp³-hybridized carbons (Fsp3) is 0.545. The summed E-state index contributed by atoms with van der Waals surface area (Å²) in [5, 5.41) is 25.6. The number of unbranched alkanes of at least 4 members (excludes halogenated alkanes) is 1. The molecule has 9 N–H and O–H groups in total. The summed E-state index contributed by atoms with van der Waals surface area (Å²) in [4.78, 5) is 48.6. The minimum Gasteiger partial charge on any atom is -0.508 e. The summed E-state index contributed by atoms with van der Waals surface area (Å²) in [5.74, 6) is -3.15. The van der Waals surface area contributed by atoms with Gasteiger partial charge in [0.25, 0.3) is 0 Å². The van der Waals surface area contributed by atoms with Crippen LogP contribution in [0, 0.1) is 5.92 Å². The second kappa shape index (κ2) is 14.1. The summed E-state index contributed by atoms with van der Waals surface area (Å²) < 4.78 is 0. The Bertz CT molecular complexity index is 799. The third kappa shape index (κ3) is 10.3. The lowest BCUT2D eigenvalue weighted by molar-refractivity contribution is -0.139. The first-order valence-corrected chi connectivity index (χ1v) is 10.9. The number of rotatable bonds is 14. The lowest BCUT2D eigenvalue weighted by Crippen LogP contribution is -2.57. The van der Waals surface area contributed by atoms with E-state index >= 15 is 0 Å². The Kier molecular flexibility index (Phi) is 11.9. The van der Waals surface area contributed by atoms with E-state index in [4.69, 9.17) is 16.6 Å². The minimum atomic E-state index is -1.20. The fourth-order valence-electron chi connectivity index (χ4n) is 3.08. The number of benzene rings is 1. The molecule has 184 valence electrons. The number of aromatic hydroxyl groups is 1. The number of phenols is 1. The van der Waals surface area contributed by atoms with Crippen molar-refractivity contribution in [3.05, 3.63) is 29.8 Å². The van der Waals surface area contributed by atoms with Crippen LogP contribution in [-0.4, -0.2) is 65.1 Å². The Balaban J connectivity index is 2.84. The maximum Gasteiger partial charge on any atom is 0.322 e. The average Bonchev–Trinajstić information content (AvgIpc) is 2.76. The third-order valence-corrected chi connectivity index (χ3v) is 4.97. The van der Waals surface area contributed by atoms with Gasteiger partial charge in [0.15, 0.2) is 0 Å². The van der Waals surface area contributed by atoms with Gasteiger partial charge in [-0.3, -0.25) is 19.2 Å². The first kappa shape index (κ1) is 27.9. The van der Waals surface area contributed by atoms with Gasteiger partial charge in [0.05, 0.1) is 6.04 Å². The number of carboxylic acid groups (broad SMARTS) is 1. The van der Waals surface area contributed by atoms with Crippen molar-refractivity contribution in [3.8, 4) is 5.75 Å². The number of carbonyl (C=O) groups is 4. The lowest BCUT2D eigenvalue weighted by Gasteiger charge is -2.26. The molecule has 0 aliphatic rings. The molecule has 0 fully saturated rings. The molecule has 0 heterocycles. The minimum absolute atomic E-state index is 0.0977.